The van der Waals surface area contributed by atoms with Gasteiger partial charge in [-0.25, -0.2) is 14.8 Å². The molecule has 1 aliphatic heterocycles. The molecule has 4 heterocycles. The molecule has 1 aliphatic rings. The Bertz CT molecular complexity index is 1360. The Kier molecular flexibility index (Phi) is 9.40. The van der Waals surface area contributed by atoms with E-state index in [4.69, 9.17) is 14.5 Å². The van der Waals surface area contributed by atoms with Crippen LogP contribution in [0.2, 0.25) is 25.7 Å². The summed E-state index contributed by atoms with van der Waals surface area (Å²) in [4.78, 5) is 26.5. The normalized spacial score (nSPS) is 15.8. The fraction of sp³-hybridized carbons (Fsp3) is 0.567. The second-order valence-electron chi connectivity index (χ2n) is 13.6. The van der Waals surface area contributed by atoms with E-state index in [2.05, 4.69) is 64.6 Å². The average Bonchev–Trinajstić information content (AvgIpc) is 3.19. The summed E-state index contributed by atoms with van der Waals surface area (Å²) in [6, 6.07) is 9.23. The number of nitrogens with one attached hydrogen (secondary N) is 1. The molecule has 0 unspecified atom stereocenters. The van der Waals surface area contributed by atoms with E-state index in [1.807, 2.05) is 66.9 Å². The van der Waals surface area contributed by atoms with Crippen molar-refractivity contribution in [2.45, 2.75) is 84.7 Å². The Morgan fingerprint density at radius 1 is 1.17 bits per heavy atom. The smallest absolute Gasteiger partial charge is 0.410 e. The summed E-state index contributed by atoms with van der Waals surface area (Å²) in [5, 5.41) is 4.59. The first-order chi connectivity index (χ1) is 19.1. The van der Waals surface area contributed by atoms with Crippen molar-refractivity contribution in [3.63, 3.8) is 0 Å². The molecular weight excluding hydrogens is 600 g/mol. The number of hydrogen-bond donors (Lipinski definition) is 1. The van der Waals surface area contributed by atoms with Crippen LogP contribution in [0.3, 0.4) is 0 Å². The average molecular weight is 646 g/mol. The van der Waals surface area contributed by atoms with Crippen molar-refractivity contribution >= 4 is 52.6 Å². The van der Waals surface area contributed by atoms with E-state index in [0.717, 1.165) is 45.4 Å². The minimum atomic E-state index is -1.13. The van der Waals surface area contributed by atoms with Crippen LogP contribution in [-0.2, 0) is 22.7 Å². The molecule has 1 amide bonds. The standard InChI is InChI=1S/C30H45BrN6O3Si/c1-29(2,3)40-28(38)37-15-14-35(20-30(37,4)5)25-11-9-10-22(34-25)18-33-24-12-13-32-27-26(24)23(31)19-36(27)21-39-16-17-41(6,7)8/h9-13,19H,14-18,20-21H2,1-8H3,(H,32,33). The summed E-state index contributed by atoms with van der Waals surface area (Å²) in [7, 11) is -1.13. The van der Waals surface area contributed by atoms with Gasteiger partial charge in [0.05, 0.1) is 23.2 Å². The van der Waals surface area contributed by atoms with Crippen molar-refractivity contribution in [1.29, 1.82) is 0 Å². The van der Waals surface area contributed by atoms with Crippen LogP contribution in [0.25, 0.3) is 11.0 Å². The third kappa shape index (κ3) is 8.23. The minimum Gasteiger partial charge on any atom is -0.444 e. The van der Waals surface area contributed by atoms with Gasteiger partial charge in [0, 0.05) is 56.9 Å². The molecule has 4 rings (SSSR count). The molecule has 1 N–H and O–H groups in total. The lowest BCUT2D eigenvalue weighted by atomic mass is 9.99. The maximum Gasteiger partial charge on any atom is 0.410 e. The highest BCUT2D eigenvalue weighted by molar-refractivity contribution is 9.10. The predicted molar refractivity (Wildman–Crippen MR) is 172 cm³/mol. The summed E-state index contributed by atoms with van der Waals surface area (Å²) in [6.45, 7) is 20.7. The van der Waals surface area contributed by atoms with Gasteiger partial charge in [-0.15, -0.1) is 0 Å². The van der Waals surface area contributed by atoms with Crippen LogP contribution in [0, 0.1) is 0 Å². The van der Waals surface area contributed by atoms with Gasteiger partial charge in [-0.1, -0.05) is 25.7 Å². The lowest BCUT2D eigenvalue weighted by Crippen LogP contribution is -2.62. The van der Waals surface area contributed by atoms with Gasteiger partial charge < -0.3 is 24.3 Å². The molecule has 3 aromatic rings. The fourth-order valence-electron chi connectivity index (χ4n) is 4.89. The van der Waals surface area contributed by atoms with Crippen LogP contribution in [0.1, 0.15) is 40.3 Å². The molecule has 0 radical (unpaired) electrons. The van der Waals surface area contributed by atoms with Crippen molar-refractivity contribution in [2.75, 3.05) is 36.5 Å². The van der Waals surface area contributed by atoms with Crippen molar-refractivity contribution < 1.29 is 14.3 Å². The van der Waals surface area contributed by atoms with Crippen LogP contribution in [-0.4, -0.2) is 71.0 Å². The number of halogens is 1. The molecule has 11 heteroatoms. The Morgan fingerprint density at radius 3 is 2.61 bits per heavy atom. The third-order valence-corrected chi connectivity index (χ3v) is 9.34. The van der Waals surface area contributed by atoms with Crippen molar-refractivity contribution in [1.82, 2.24) is 19.4 Å². The van der Waals surface area contributed by atoms with Crippen molar-refractivity contribution in [2.24, 2.45) is 0 Å². The summed E-state index contributed by atoms with van der Waals surface area (Å²) in [5.74, 6) is 0.906. The van der Waals surface area contributed by atoms with Gasteiger partial charge >= 0.3 is 6.09 Å². The first-order valence-electron chi connectivity index (χ1n) is 14.3. The minimum absolute atomic E-state index is 0.269. The maximum absolute atomic E-state index is 12.8. The molecule has 0 aliphatic carbocycles. The summed E-state index contributed by atoms with van der Waals surface area (Å²) < 4.78 is 14.7. The van der Waals surface area contributed by atoms with Gasteiger partial charge in [0.2, 0.25) is 0 Å². The molecular formula is C30H45BrN6O3Si. The zero-order valence-corrected chi connectivity index (χ0v) is 28.3. The molecule has 41 heavy (non-hydrogen) atoms. The Labute approximate surface area is 253 Å². The topological polar surface area (TPSA) is 84.8 Å². The van der Waals surface area contributed by atoms with Crippen LogP contribution in [0.4, 0.5) is 16.3 Å². The number of fused-ring (bicyclic) bond motifs is 1. The molecule has 0 saturated carbocycles. The monoisotopic (exact) mass is 644 g/mol. The number of pyridine rings is 2. The highest BCUT2D eigenvalue weighted by Gasteiger charge is 2.39. The van der Waals surface area contributed by atoms with Crippen molar-refractivity contribution in [3.05, 3.63) is 46.8 Å². The number of aromatic nitrogens is 3. The van der Waals surface area contributed by atoms with E-state index < -0.39 is 19.2 Å². The van der Waals surface area contributed by atoms with Crippen molar-refractivity contribution in [3.8, 4) is 0 Å². The second kappa shape index (κ2) is 12.3. The summed E-state index contributed by atoms with van der Waals surface area (Å²) in [6.07, 6.45) is 3.59. The number of anilines is 2. The SMILES string of the molecule is CC(C)(C)OC(=O)N1CCN(c2cccc(CNc3ccnc4c3c(Br)cn4COCC[Si](C)(C)C)n2)CC1(C)C. The van der Waals surface area contributed by atoms with Crippen LogP contribution in [0.5, 0.6) is 0 Å². The number of carbonyl (C=O) groups is 1. The van der Waals surface area contributed by atoms with E-state index in [0.29, 0.717) is 32.9 Å². The molecule has 1 fully saturated rings. The van der Waals surface area contributed by atoms with Crippen LogP contribution in [0.15, 0.2) is 41.1 Å². The van der Waals surface area contributed by atoms with Gasteiger partial charge in [-0.05, 0) is 74.8 Å². The van der Waals surface area contributed by atoms with E-state index in [-0.39, 0.29) is 6.09 Å². The number of carbonyl (C=O) groups excluding carboxylic acids is 1. The zero-order chi connectivity index (χ0) is 30.0. The first kappa shape index (κ1) is 31.3. The molecule has 3 aromatic heterocycles. The first-order valence-corrected chi connectivity index (χ1v) is 18.8. The molecule has 9 nitrogen and oxygen atoms in total. The zero-order valence-electron chi connectivity index (χ0n) is 25.8. The Hall–Kier alpha value is -2.63. The predicted octanol–water partition coefficient (Wildman–Crippen LogP) is 6.95. The van der Waals surface area contributed by atoms with Crippen LogP contribution < -0.4 is 10.2 Å². The molecule has 0 spiro atoms. The van der Waals surface area contributed by atoms with Crippen LogP contribution >= 0.6 is 15.9 Å². The molecule has 0 atom stereocenters. The van der Waals surface area contributed by atoms with E-state index in [1.165, 1.54) is 0 Å². The van der Waals surface area contributed by atoms with Gasteiger partial charge in [-0.2, -0.15) is 0 Å². The van der Waals surface area contributed by atoms with E-state index >= 15 is 0 Å². The molecule has 224 valence electrons. The third-order valence-electron chi connectivity index (χ3n) is 7.03. The number of piperazine rings is 1. The van der Waals surface area contributed by atoms with E-state index in [1.54, 1.807) is 0 Å². The van der Waals surface area contributed by atoms with Gasteiger partial charge in [-0.3, -0.25) is 4.90 Å². The number of nitrogens with zero attached hydrogens (tertiary/aromatic N) is 5. The second-order valence-corrected chi connectivity index (χ2v) is 20.0. The number of hydrogen-bond acceptors (Lipinski definition) is 7. The summed E-state index contributed by atoms with van der Waals surface area (Å²) >= 11 is 3.73. The number of amides is 1. The van der Waals surface area contributed by atoms with E-state index in [9.17, 15) is 4.79 Å². The molecule has 0 aromatic carbocycles. The highest BCUT2D eigenvalue weighted by atomic mass is 79.9. The fourth-order valence-corrected chi connectivity index (χ4v) is 6.28. The molecule has 1 saturated heterocycles. The Morgan fingerprint density at radius 2 is 1.93 bits per heavy atom. The Balaban J connectivity index is 1.41. The van der Waals surface area contributed by atoms with Gasteiger partial charge in [0.15, 0.2) is 0 Å². The molecule has 0 bridgehead atoms. The number of rotatable bonds is 9. The maximum atomic E-state index is 12.8. The number of ether oxygens (including phenoxy) is 2. The highest BCUT2D eigenvalue weighted by Crippen LogP contribution is 2.32. The lowest BCUT2D eigenvalue weighted by Gasteiger charge is -2.47. The van der Waals surface area contributed by atoms with Gasteiger partial charge in [0.25, 0.3) is 0 Å². The lowest BCUT2D eigenvalue weighted by molar-refractivity contribution is 0.000304. The van der Waals surface area contributed by atoms with Gasteiger partial charge in [0.1, 0.15) is 23.8 Å². The quantitative estimate of drug-likeness (QED) is 0.199. The largest absolute Gasteiger partial charge is 0.444 e. The summed E-state index contributed by atoms with van der Waals surface area (Å²) in [5.41, 5.74) is 1.89.